The number of benzene rings is 2. The van der Waals surface area contributed by atoms with E-state index in [1.54, 1.807) is 24.3 Å². The molecule has 0 bridgehead atoms. The molecule has 0 aliphatic carbocycles. The molecular weight excluding hydrogens is 598 g/mol. The number of carbonyl (C=O) groups excluding carboxylic acids is 1. The van der Waals surface area contributed by atoms with Gasteiger partial charge in [-0.2, -0.15) is 0 Å². The molecule has 0 spiro atoms. The fourth-order valence-electron chi connectivity index (χ4n) is 3.34. The van der Waals surface area contributed by atoms with E-state index in [0.29, 0.717) is 54.3 Å². The van der Waals surface area contributed by atoms with E-state index in [1.807, 2.05) is 52.1 Å². The minimum absolute atomic E-state index is 0.118. The fourth-order valence-corrected chi connectivity index (χ4v) is 5.11. The Morgan fingerprint density at radius 2 is 1.72 bits per heavy atom. The topological polar surface area (TPSA) is 90.9 Å². The molecule has 0 atom stereocenters. The number of phenols is 2. The van der Waals surface area contributed by atoms with Crippen molar-refractivity contribution in [3.8, 4) is 11.5 Å². The summed E-state index contributed by atoms with van der Waals surface area (Å²) in [7, 11) is 0. The van der Waals surface area contributed by atoms with E-state index in [2.05, 4.69) is 0 Å². The second-order valence-corrected chi connectivity index (χ2v) is 9.25. The Kier molecular flexibility index (Phi) is 7.44. The zero-order valence-electron chi connectivity index (χ0n) is 16.0. The van der Waals surface area contributed by atoms with Crippen molar-refractivity contribution in [2.45, 2.75) is 39.0 Å². The van der Waals surface area contributed by atoms with Crippen LogP contribution in [0.3, 0.4) is 0 Å². The Morgan fingerprint density at radius 3 is 2.34 bits per heavy atom. The van der Waals surface area contributed by atoms with Gasteiger partial charge in [-0.15, -0.1) is 0 Å². The maximum atomic E-state index is 13.4. The lowest BCUT2D eigenvalue weighted by Gasteiger charge is -2.07. The van der Waals surface area contributed by atoms with Crippen molar-refractivity contribution in [3.63, 3.8) is 0 Å². The number of hydrogen-bond donors (Lipinski definition) is 3. The standard InChI is InChI=1S/C22H22I2O5/c1-2-5-18-20(21(27)13-8-15(23)22(28)16(24)9-13)14-11-17(26)12(6-3-4-7-25)10-19(14)29-18/h8-11,25-26,28H,2-7H2,1H3. The first kappa shape index (κ1) is 22.4. The van der Waals surface area contributed by atoms with Gasteiger partial charge >= 0.3 is 0 Å². The summed E-state index contributed by atoms with van der Waals surface area (Å²) < 4.78 is 7.25. The largest absolute Gasteiger partial charge is 0.508 e. The molecule has 3 aromatic rings. The number of unbranched alkanes of at least 4 members (excludes halogenated alkanes) is 1. The highest BCUT2D eigenvalue weighted by atomic mass is 127. The maximum absolute atomic E-state index is 13.4. The number of phenolic OH excluding ortho intramolecular Hbond substituents is 2. The Hall–Kier alpha value is -1.33. The fraction of sp³-hybridized carbons (Fsp3) is 0.318. The Morgan fingerprint density at radius 1 is 1.03 bits per heavy atom. The van der Waals surface area contributed by atoms with Gasteiger partial charge in [-0.3, -0.25) is 4.79 Å². The maximum Gasteiger partial charge on any atom is 0.197 e. The number of aliphatic hydroxyl groups excluding tert-OH is 1. The molecule has 2 aromatic carbocycles. The number of aryl methyl sites for hydroxylation is 2. The van der Waals surface area contributed by atoms with Crippen LogP contribution in [0.15, 0.2) is 28.7 Å². The molecule has 0 radical (unpaired) electrons. The average molecular weight is 620 g/mol. The number of carbonyl (C=O) groups is 1. The van der Waals surface area contributed by atoms with Crippen LogP contribution in [0.5, 0.6) is 11.5 Å². The normalized spacial score (nSPS) is 11.3. The van der Waals surface area contributed by atoms with Gasteiger partial charge in [0.15, 0.2) is 5.78 Å². The summed E-state index contributed by atoms with van der Waals surface area (Å²) >= 11 is 4.01. The molecule has 0 saturated heterocycles. The molecular formula is C22H22I2O5. The molecule has 0 aliphatic rings. The molecule has 0 amide bonds. The van der Waals surface area contributed by atoms with Crippen molar-refractivity contribution in [2.75, 3.05) is 6.61 Å². The summed E-state index contributed by atoms with van der Waals surface area (Å²) in [6.45, 7) is 2.14. The van der Waals surface area contributed by atoms with Gasteiger partial charge < -0.3 is 19.7 Å². The van der Waals surface area contributed by atoms with Gasteiger partial charge in [0.1, 0.15) is 22.8 Å². The zero-order valence-corrected chi connectivity index (χ0v) is 20.3. The van der Waals surface area contributed by atoms with Crippen molar-refractivity contribution in [3.05, 3.63) is 53.9 Å². The lowest BCUT2D eigenvalue weighted by atomic mass is 9.97. The number of hydrogen-bond acceptors (Lipinski definition) is 5. The molecule has 3 N–H and O–H groups in total. The predicted octanol–water partition coefficient (Wildman–Crippen LogP) is 5.55. The molecule has 0 fully saturated rings. The van der Waals surface area contributed by atoms with Gasteiger partial charge in [0, 0.05) is 24.0 Å². The van der Waals surface area contributed by atoms with Gasteiger partial charge in [0.2, 0.25) is 0 Å². The number of halogens is 2. The molecule has 1 heterocycles. The second kappa shape index (κ2) is 9.65. The van der Waals surface area contributed by atoms with Gasteiger partial charge in [-0.25, -0.2) is 0 Å². The van der Waals surface area contributed by atoms with Gasteiger partial charge in [-0.05, 0) is 101 Å². The third-order valence-corrected chi connectivity index (χ3v) is 6.44. The summed E-state index contributed by atoms with van der Waals surface area (Å²) in [5, 5.41) is 30.1. The Labute approximate surface area is 196 Å². The molecule has 29 heavy (non-hydrogen) atoms. The number of fused-ring (bicyclic) bond motifs is 1. The molecule has 5 nitrogen and oxygen atoms in total. The number of furan rings is 1. The van der Waals surface area contributed by atoms with Crippen LogP contribution in [0.1, 0.15) is 53.4 Å². The lowest BCUT2D eigenvalue weighted by Crippen LogP contribution is -2.05. The third kappa shape index (κ3) is 4.72. The summed E-state index contributed by atoms with van der Waals surface area (Å²) in [5.74, 6) is 0.718. The Balaban J connectivity index is 2.11. The number of ketones is 1. The van der Waals surface area contributed by atoms with E-state index in [-0.39, 0.29) is 23.9 Å². The van der Waals surface area contributed by atoms with E-state index in [4.69, 9.17) is 9.52 Å². The van der Waals surface area contributed by atoms with Crippen LogP contribution >= 0.6 is 45.2 Å². The minimum atomic E-state index is -0.185. The van der Waals surface area contributed by atoms with Crippen LogP contribution in [0.2, 0.25) is 0 Å². The molecule has 0 unspecified atom stereocenters. The predicted molar refractivity (Wildman–Crippen MR) is 129 cm³/mol. The first-order valence-electron chi connectivity index (χ1n) is 9.48. The van der Waals surface area contributed by atoms with Crippen LogP contribution in [-0.4, -0.2) is 27.7 Å². The van der Waals surface area contributed by atoms with E-state index in [0.717, 1.165) is 18.4 Å². The SMILES string of the molecule is CCCc1oc2cc(CCCCO)c(O)cc2c1C(=O)c1cc(I)c(O)c(I)c1. The second-order valence-electron chi connectivity index (χ2n) is 6.93. The highest BCUT2D eigenvalue weighted by molar-refractivity contribution is 14.1. The van der Waals surface area contributed by atoms with Crippen molar-refractivity contribution in [2.24, 2.45) is 0 Å². The number of rotatable bonds is 8. The molecule has 3 rings (SSSR count). The van der Waals surface area contributed by atoms with Crippen molar-refractivity contribution < 1.29 is 24.5 Å². The molecule has 0 aliphatic heterocycles. The first-order valence-corrected chi connectivity index (χ1v) is 11.6. The molecule has 0 saturated carbocycles. The molecule has 154 valence electrons. The van der Waals surface area contributed by atoms with Gasteiger partial charge in [0.25, 0.3) is 0 Å². The van der Waals surface area contributed by atoms with Crippen molar-refractivity contribution >= 4 is 61.9 Å². The highest BCUT2D eigenvalue weighted by Crippen LogP contribution is 2.36. The van der Waals surface area contributed by atoms with Crippen molar-refractivity contribution in [1.82, 2.24) is 0 Å². The summed E-state index contributed by atoms with van der Waals surface area (Å²) in [4.78, 5) is 13.4. The number of aliphatic hydroxyl groups is 1. The van der Waals surface area contributed by atoms with Crippen LogP contribution in [0.4, 0.5) is 0 Å². The van der Waals surface area contributed by atoms with E-state index in [1.165, 1.54) is 0 Å². The smallest absolute Gasteiger partial charge is 0.197 e. The van der Waals surface area contributed by atoms with Crippen LogP contribution in [0.25, 0.3) is 11.0 Å². The third-order valence-electron chi connectivity index (χ3n) is 4.80. The molecule has 7 heteroatoms. The summed E-state index contributed by atoms with van der Waals surface area (Å²) in [5.41, 5.74) is 2.27. The Bertz CT molecular complexity index is 1030. The monoisotopic (exact) mass is 620 g/mol. The highest BCUT2D eigenvalue weighted by Gasteiger charge is 2.24. The summed E-state index contributed by atoms with van der Waals surface area (Å²) in [6, 6.07) is 6.73. The van der Waals surface area contributed by atoms with Gasteiger partial charge in [0.05, 0.1) is 12.7 Å². The van der Waals surface area contributed by atoms with Gasteiger partial charge in [-0.1, -0.05) is 6.92 Å². The minimum Gasteiger partial charge on any atom is -0.508 e. The van der Waals surface area contributed by atoms with E-state index in [9.17, 15) is 15.0 Å². The zero-order chi connectivity index (χ0) is 21.1. The first-order chi connectivity index (χ1) is 13.9. The van der Waals surface area contributed by atoms with Crippen LogP contribution in [-0.2, 0) is 12.8 Å². The molecule has 1 aromatic heterocycles. The number of aromatic hydroxyl groups is 2. The average Bonchev–Trinajstić information content (AvgIpc) is 3.02. The van der Waals surface area contributed by atoms with Crippen LogP contribution < -0.4 is 0 Å². The van der Waals surface area contributed by atoms with E-state index >= 15 is 0 Å². The summed E-state index contributed by atoms with van der Waals surface area (Å²) in [6.07, 6.45) is 3.49. The van der Waals surface area contributed by atoms with Crippen LogP contribution in [0, 0.1) is 7.14 Å². The van der Waals surface area contributed by atoms with Crippen molar-refractivity contribution in [1.29, 1.82) is 0 Å². The lowest BCUT2D eigenvalue weighted by molar-refractivity contribution is 0.103. The van der Waals surface area contributed by atoms with E-state index < -0.39 is 0 Å². The quantitative estimate of drug-likeness (QED) is 0.175.